The minimum absolute atomic E-state index is 0.0284. The highest BCUT2D eigenvalue weighted by molar-refractivity contribution is 7.12. The first-order valence-electron chi connectivity index (χ1n) is 7.62. The van der Waals surface area contributed by atoms with E-state index in [4.69, 9.17) is 5.73 Å². The first-order valence-corrected chi connectivity index (χ1v) is 8.50. The molecule has 6 heteroatoms. The fraction of sp³-hybridized carbons (Fsp3) is 0.294. The van der Waals surface area contributed by atoms with Crippen LogP contribution in [0.15, 0.2) is 41.8 Å². The molecule has 1 fully saturated rings. The number of nitrogens with two attached hydrogens (primary N) is 1. The Morgan fingerprint density at radius 1 is 1.22 bits per heavy atom. The number of hydrogen-bond acceptors (Lipinski definition) is 4. The highest BCUT2D eigenvalue weighted by atomic mass is 32.1. The van der Waals surface area contributed by atoms with Crippen molar-refractivity contribution in [3.8, 4) is 0 Å². The third-order valence-electron chi connectivity index (χ3n) is 3.85. The van der Waals surface area contributed by atoms with Crippen molar-refractivity contribution in [1.29, 1.82) is 0 Å². The average Bonchev–Trinajstić information content (AvgIpc) is 3.26. The number of amides is 2. The number of nitrogens with one attached hydrogen (secondary N) is 2. The molecule has 5 nitrogen and oxygen atoms in total. The third kappa shape index (κ3) is 4.18. The molecule has 1 saturated carbocycles. The van der Waals surface area contributed by atoms with Crippen LogP contribution in [-0.4, -0.2) is 24.4 Å². The van der Waals surface area contributed by atoms with E-state index in [0.29, 0.717) is 28.6 Å². The summed E-state index contributed by atoms with van der Waals surface area (Å²) in [5.74, 6) is 0.202. The molecule has 0 aliphatic heterocycles. The van der Waals surface area contributed by atoms with Crippen molar-refractivity contribution >= 4 is 28.8 Å². The molecule has 0 bridgehead atoms. The van der Waals surface area contributed by atoms with Crippen molar-refractivity contribution in [2.45, 2.75) is 18.9 Å². The van der Waals surface area contributed by atoms with Gasteiger partial charge >= 0.3 is 0 Å². The Labute approximate surface area is 138 Å². The Kier molecular flexibility index (Phi) is 4.73. The van der Waals surface area contributed by atoms with E-state index in [1.807, 2.05) is 11.4 Å². The lowest BCUT2D eigenvalue weighted by atomic mass is 10.1. The van der Waals surface area contributed by atoms with Gasteiger partial charge in [-0.25, -0.2) is 0 Å². The normalized spacial score (nSPS) is 15.0. The maximum Gasteiger partial charge on any atom is 0.265 e. The van der Waals surface area contributed by atoms with Crippen molar-refractivity contribution < 1.29 is 9.59 Å². The molecule has 0 spiro atoms. The van der Waals surface area contributed by atoms with E-state index < -0.39 is 0 Å². The maximum absolute atomic E-state index is 12.2. The van der Waals surface area contributed by atoms with Gasteiger partial charge in [-0.05, 0) is 48.4 Å². The lowest BCUT2D eigenvalue weighted by molar-refractivity contribution is 0.0949. The highest BCUT2D eigenvalue weighted by Gasteiger charge is 2.28. The van der Waals surface area contributed by atoms with Gasteiger partial charge in [0.25, 0.3) is 11.8 Å². The Morgan fingerprint density at radius 3 is 2.74 bits per heavy atom. The third-order valence-corrected chi connectivity index (χ3v) is 4.72. The molecule has 1 aliphatic rings. The van der Waals surface area contributed by atoms with Crippen LogP contribution in [0.3, 0.4) is 0 Å². The van der Waals surface area contributed by atoms with Crippen LogP contribution in [-0.2, 0) is 0 Å². The zero-order valence-electron chi connectivity index (χ0n) is 12.6. The second-order valence-corrected chi connectivity index (χ2v) is 6.67. The number of thiophene rings is 1. The molecule has 0 saturated heterocycles. The van der Waals surface area contributed by atoms with Crippen LogP contribution >= 0.6 is 11.3 Å². The van der Waals surface area contributed by atoms with Gasteiger partial charge in [0.05, 0.1) is 4.88 Å². The second kappa shape index (κ2) is 6.93. The van der Waals surface area contributed by atoms with Crippen molar-refractivity contribution in [2.24, 2.45) is 11.7 Å². The SMILES string of the molecule is NC(CNC(=O)c1cccc(NC(=O)c2cccs2)c1)C1CC1. The van der Waals surface area contributed by atoms with Gasteiger partial charge in [-0.2, -0.15) is 0 Å². The van der Waals surface area contributed by atoms with Crippen LogP contribution < -0.4 is 16.4 Å². The predicted octanol–water partition coefficient (Wildman–Crippen LogP) is 2.47. The monoisotopic (exact) mass is 329 g/mol. The minimum Gasteiger partial charge on any atom is -0.350 e. The van der Waals surface area contributed by atoms with E-state index in [1.165, 1.54) is 11.3 Å². The second-order valence-electron chi connectivity index (χ2n) is 5.72. The van der Waals surface area contributed by atoms with Gasteiger partial charge in [0.15, 0.2) is 0 Å². The molecule has 3 rings (SSSR count). The van der Waals surface area contributed by atoms with E-state index in [0.717, 1.165) is 12.8 Å². The van der Waals surface area contributed by atoms with Crippen molar-refractivity contribution in [2.75, 3.05) is 11.9 Å². The Bertz CT molecular complexity index is 696. The molecule has 1 atom stereocenters. The molecule has 4 N–H and O–H groups in total. The van der Waals surface area contributed by atoms with Gasteiger partial charge in [-0.15, -0.1) is 11.3 Å². The van der Waals surface area contributed by atoms with E-state index in [9.17, 15) is 9.59 Å². The van der Waals surface area contributed by atoms with Gasteiger partial charge in [-0.1, -0.05) is 12.1 Å². The quantitative estimate of drug-likeness (QED) is 0.761. The number of rotatable bonds is 6. The molecule has 1 aromatic carbocycles. The van der Waals surface area contributed by atoms with Crippen LogP contribution in [0.5, 0.6) is 0 Å². The zero-order valence-corrected chi connectivity index (χ0v) is 13.4. The van der Waals surface area contributed by atoms with Gasteiger partial charge in [0.1, 0.15) is 0 Å². The fourth-order valence-electron chi connectivity index (χ4n) is 2.34. The molecule has 1 aliphatic carbocycles. The van der Waals surface area contributed by atoms with Crippen LogP contribution in [0.25, 0.3) is 0 Å². The molecule has 1 heterocycles. The number of carbonyl (C=O) groups is 2. The predicted molar refractivity (Wildman–Crippen MR) is 91.7 cm³/mol. The summed E-state index contributed by atoms with van der Waals surface area (Å²) in [6, 6.07) is 10.5. The largest absolute Gasteiger partial charge is 0.350 e. The van der Waals surface area contributed by atoms with E-state index in [1.54, 1.807) is 30.3 Å². The van der Waals surface area contributed by atoms with Crippen molar-refractivity contribution in [1.82, 2.24) is 5.32 Å². The highest BCUT2D eigenvalue weighted by Crippen LogP contribution is 2.31. The van der Waals surface area contributed by atoms with E-state index >= 15 is 0 Å². The van der Waals surface area contributed by atoms with Crippen LogP contribution in [0, 0.1) is 5.92 Å². The van der Waals surface area contributed by atoms with E-state index in [-0.39, 0.29) is 17.9 Å². The summed E-state index contributed by atoms with van der Waals surface area (Å²) in [5.41, 5.74) is 7.10. The molecule has 120 valence electrons. The van der Waals surface area contributed by atoms with Crippen LogP contribution in [0.2, 0.25) is 0 Å². The molecule has 0 radical (unpaired) electrons. The topological polar surface area (TPSA) is 84.2 Å². The van der Waals surface area contributed by atoms with Gasteiger partial charge in [-0.3, -0.25) is 9.59 Å². The summed E-state index contributed by atoms with van der Waals surface area (Å²) in [4.78, 5) is 24.9. The first kappa shape index (κ1) is 15.7. The molecular weight excluding hydrogens is 310 g/mol. The number of carbonyl (C=O) groups excluding carboxylic acids is 2. The molecule has 23 heavy (non-hydrogen) atoms. The summed E-state index contributed by atoms with van der Waals surface area (Å²) in [5, 5.41) is 7.50. The summed E-state index contributed by atoms with van der Waals surface area (Å²) in [7, 11) is 0. The number of benzene rings is 1. The minimum atomic E-state index is -0.173. The molecule has 2 aromatic rings. The Morgan fingerprint density at radius 2 is 2.04 bits per heavy atom. The number of anilines is 1. The Balaban J connectivity index is 1.59. The molecule has 2 amide bonds. The first-order chi connectivity index (χ1) is 11.1. The zero-order chi connectivity index (χ0) is 16.2. The average molecular weight is 329 g/mol. The number of hydrogen-bond donors (Lipinski definition) is 3. The summed E-state index contributed by atoms with van der Waals surface area (Å²) >= 11 is 1.38. The molecule has 1 unspecified atom stereocenters. The summed E-state index contributed by atoms with van der Waals surface area (Å²) < 4.78 is 0. The lowest BCUT2D eigenvalue weighted by Gasteiger charge is -2.12. The van der Waals surface area contributed by atoms with Gasteiger partial charge in [0, 0.05) is 23.8 Å². The van der Waals surface area contributed by atoms with Gasteiger partial charge < -0.3 is 16.4 Å². The smallest absolute Gasteiger partial charge is 0.265 e. The van der Waals surface area contributed by atoms with E-state index in [2.05, 4.69) is 10.6 Å². The van der Waals surface area contributed by atoms with Gasteiger partial charge in [0.2, 0.25) is 0 Å². The van der Waals surface area contributed by atoms with Crippen LogP contribution in [0.1, 0.15) is 32.9 Å². The Hall–Kier alpha value is -2.18. The molecular formula is C17H19N3O2S. The fourth-order valence-corrected chi connectivity index (χ4v) is 2.96. The van der Waals surface area contributed by atoms with Crippen molar-refractivity contribution in [3.05, 3.63) is 52.2 Å². The lowest BCUT2D eigenvalue weighted by Crippen LogP contribution is -2.38. The van der Waals surface area contributed by atoms with Crippen molar-refractivity contribution in [3.63, 3.8) is 0 Å². The standard InChI is InChI=1S/C17H19N3O2S/c18-14(11-6-7-11)10-19-16(21)12-3-1-4-13(9-12)20-17(22)15-5-2-8-23-15/h1-5,8-9,11,14H,6-7,10,18H2,(H,19,21)(H,20,22). The van der Waals surface area contributed by atoms with Crippen LogP contribution in [0.4, 0.5) is 5.69 Å². The summed E-state index contributed by atoms with van der Waals surface area (Å²) in [6.45, 7) is 0.481. The molecule has 1 aromatic heterocycles. The summed E-state index contributed by atoms with van der Waals surface area (Å²) in [6.07, 6.45) is 2.31. The maximum atomic E-state index is 12.2.